The Morgan fingerprint density at radius 3 is 1.00 bits per heavy atom. The Bertz CT molecular complexity index is 874. The van der Waals surface area contributed by atoms with Gasteiger partial charge in [-0.15, -0.1) is 0 Å². The highest BCUT2D eigenvalue weighted by molar-refractivity contribution is 7.46. The second kappa shape index (κ2) is 38.9. The van der Waals surface area contributed by atoms with E-state index in [-0.39, 0.29) is 19.4 Å². The summed E-state index contributed by atoms with van der Waals surface area (Å²) in [7, 11) is -4.75. The van der Waals surface area contributed by atoms with Crippen molar-refractivity contribution in [1.82, 2.24) is 0 Å². The minimum absolute atomic E-state index is 0.219. The van der Waals surface area contributed by atoms with Gasteiger partial charge in [0.25, 0.3) is 0 Å². The van der Waals surface area contributed by atoms with Crippen molar-refractivity contribution in [2.45, 2.75) is 252 Å². The minimum Gasteiger partial charge on any atom is -0.462 e. The first-order chi connectivity index (χ1) is 26.0. The summed E-state index contributed by atoms with van der Waals surface area (Å²) in [5, 5.41) is 0. The average Bonchev–Trinajstić information content (AvgIpc) is 3.11. The van der Waals surface area contributed by atoms with Gasteiger partial charge in [0.15, 0.2) is 6.10 Å². The molecule has 0 amide bonds. The lowest BCUT2D eigenvalue weighted by atomic mass is 10.0. The van der Waals surface area contributed by atoms with Crippen LogP contribution in [0.4, 0.5) is 0 Å². The molecule has 0 heterocycles. The van der Waals surface area contributed by atoms with Gasteiger partial charge in [0.2, 0.25) is 0 Å². The fourth-order valence-electron chi connectivity index (χ4n) is 7.04. The number of hydrogen-bond donors (Lipinski definition) is 2. The Labute approximate surface area is 334 Å². The summed E-state index contributed by atoms with van der Waals surface area (Å²) in [5.41, 5.74) is 0. The van der Waals surface area contributed by atoms with E-state index in [2.05, 4.69) is 32.2 Å². The molecular formula is C45H89O8P. The van der Waals surface area contributed by atoms with Gasteiger partial charge in [0, 0.05) is 12.8 Å². The Kier molecular flexibility index (Phi) is 38.2. The van der Waals surface area contributed by atoms with Gasteiger partial charge in [-0.2, -0.15) is 0 Å². The molecule has 0 aliphatic carbocycles. The lowest BCUT2D eigenvalue weighted by Crippen LogP contribution is -2.29. The molecule has 0 saturated carbocycles. The fraction of sp³-hybridized carbons (Fsp3) is 0.956. The van der Waals surface area contributed by atoms with Gasteiger partial charge in [-0.25, -0.2) is 4.57 Å². The van der Waals surface area contributed by atoms with Gasteiger partial charge in [0.1, 0.15) is 6.61 Å². The largest absolute Gasteiger partial charge is 0.469 e. The molecule has 8 nitrogen and oxygen atoms in total. The summed E-state index contributed by atoms with van der Waals surface area (Å²) < 4.78 is 26.5. The van der Waals surface area contributed by atoms with Crippen LogP contribution < -0.4 is 0 Å². The van der Waals surface area contributed by atoms with Crippen molar-refractivity contribution in [2.24, 2.45) is 11.8 Å². The maximum Gasteiger partial charge on any atom is 0.469 e. The molecule has 1 atom stereocenters. The van der Waals surface area contributed by atoms with E-state index in [1.807, 2.05) is 0 Å². The molecule has 322 valence electrons. The van der Waals surface area contributed by atoms with Crippen molar-refractivity contribution in [3.63, 3.8) is 0 Å². The number of rotatable bonds is 42. The van der Waals surface area contributed by atoms with E-state index >= 15 is 0 Å². The number of hydrogen-bond acceptors (Lipinski definition) is 6. The summed E-state index contributed by atoms with van der Waals surface area (Å²) in [4.78, 5) is 43.0. The lowest BCUT2D eigenvalue weighted by Gasteiger charge is -2.18. The van der Waals surface area contributed by atoms with E-state index in [1.54, 1.807) is 0 Å². The number of ether oxygens (including phenoxy) is 2. The van der Waals surface area contributed by atoms with Crippen LogP contribution in [0.15, 0.2) is 0 Å². The Morgan fingerprint density at radius 2 is 0.704 bits per heavy atom. The first-order valence-electron chi connectivity index (χ1n) is 23.0. The maximum absolute atomic E-state index is 12.4. The van der Waals surface area contributed by atoms with Gasteiger partial charge in [-0.3, -0.25) is 14.1 Å². The molecule has 0 unspecified atom stereocenters. The van der Waals surface area contributed by atoms with E-state index in [0.717, 1.165) is 43.9 Å². The van der Waals surface area contributed by atoms with Gasteiger partial charge in [-0.05, 0) is 24.7 Å². The van der Waals surface area contributed by atoms with Crippen LogP contribution in [0.3, 0.4) is 0 Å². The van der Waals surface area contributed by atoms with Gasteiger partial charge >= 0.3 is 19.8 Å². The lowest BCUT2D eigenvalue weighted by molar-refractivity contribution is -0.161. The molecule has 2 N–H and O–H groups in total. The first kappa shape index (κ1) is 53.0. The molecule has 0 rings (SSSR count). The monoisotopic (exact) mass is 789 g/mol. The molecule has 0 saturated heterocycles. The SMILES string of the molecule is CC(C)CCCCCCCCCCCCCCCCCCC(=O)O[C@H](COC(=O)CCCCCCCCCCCCCCCCC(C)C)COP(=O)(O)O. The molecule has 0 aromatic carbocycles. The molecule has 0 spiro atoms. The zero-order valence-corrected chi connectivity index (χ0v) is 36.9. The molecule has 0 aromatic heterocycles. The third-order valence-electron chi connectivity index (χ3n) is 10.5. The number of carbonyl (C=O) groups excluding carboxylic acids is 2. The Balaban J connectivity index is 3.82. The summed E-state index contributed by atoms with van der Waals surface area (Å²) in [6, 6.07) is 0. The first-order valence-corrected chi connectivity index (χ1v) is 24.6. The molecule has 0 aliphatic heterocycles. The molecule has 0 aliphatic rings. The highest BCUT2D eigenvalue weighted by Gasteiger charge is 2.23. The molecular weight excluding hydrogens is 699 g/mol. The number of phosphoric ester groups is 1. The molecule has 0 radical (unpaired) electrons. The van der Waals surface area contributed by atoms with Gasteiger partial charge in [0.05, 0.1) is 6.61 Å². The van der Waals surface area contributed by atoms with Crippen molar-refractivity contribution in [3.8, 4) is 0 Å². The average molecular weight is 789 g/mol. The van der Waals surface area contributed by atoms with Crippen LogP contribution in [0, 0.1) is 11.8 Å². The summed E-state index contributed by atoms with van der Waals surface area (Å²) in [6.07, 6.45) is 39.7. The van der Waals surface area contributed by atoms with Crippen molar-refractivity contribution in [2.75, 3.05) is 13.2 Å². The van der Waals surface area contributed by atoms with E-state index in [0.29, 0.717) is 6.42 Å². The quantitative estimate of drug-likeness (QED) is 0.0356. The second-order valence-corrected chi connectivity index (χ2v) is 18.3. The summed E-state index contributed by atoms with van der Waals surface area (Å²) in [6.45, 7) is 8.42. The normalized spacial score (nSPS) is 12.5. The van der Waals surface area contributed by atoms with Crippen LogP contribution in [-0.2, 0) is 28.2 Å². The molecule has 0 bridgehead atoms. The zero-order valence-electron chi connectivity index (χ0n) is 36.0. The number of esters is 2. The van der Waals surface area contributed by atoms with Crippen molar-refractivity contribution in [1.29, 1.82) is 0 Å². The van der Waals surface area contributed by atoms with E-state index in [4.69, 9.17) is 19.3 Å². The Hall–Kier alpha value is -0.950. The number of phosphoric acid groups is 1. The molecule has 54 heavy (non-hydrogen) atoms. The minimum atomic E-state index is -4.75. The highest BCUT2D eigenvalue weighted by atomic mass is 31.2. The summed E-state index contributed by atoms with van der Waals surface area (Å²) >= 11 is 0. The smallest absolute Gasteiger partial charge is 0.462 e. The van der Waals surface area contributed by atoms with Gasteiger partial charge < -0.3 is 19.3 Å². The van der Waals surface area contributed by atoms with Crippen LogP contribution in [0.2, 0.25) is 0 Å². The highest BCUT2D eigenvalue weighted by Crippen LogP contribution is 2.36. The van der Waals surface area contributed by atoms with Crippen LogP contribution in [-0.4, -0.2) is 41.0 Å². The standard InChI is InChI=1S/C45H89O8P/c1-41(2)35-31-27-23-19-15-11-7-5-6-8-14-18-22-26-30-34-38-45(47)53-43(40-52-54(48,49)50)39-51-44(46)37-33-29-25-21-17-13-10-9-12-16-20-24-28-32-36-42(3)4/h41-43H,5-40H2,1-4H3,(H2,48,49,50)/t43-/m1/s1. The third kappa shape index (κ3) is 43.8. The van der Waals surface area contributed by atoms with Crippen molar-refractivity contribution >= 4 is 19.8 Å². The van der Waals surface area contributed by atoms with E-state index in [1.165, 1.54) is 167 Å². The predicted octanol–water partition coefficient (Wildman–Crippen LogP) is 14.1. The summed E-state index contributed by atoms with van der Waals surface area (Å²) in [5.74, 6) is 0.807. The second-order valence-electron chi connectivity index (χ2n) is 17.1. The number of unbranched alkanes of at least 4 members (excludes halogenated alkanes) is 28. The fourth-order valence-corrected chi connectivity index (χ4v) is 7.40. The predicted molar refractivity (Wildman–Crippen MR) is 225 cm³/mol. The zero-order chi connectivity index (χ0) is 40.0. The van der Waals surface area contributed by atoms with Gasteiger partial charge in [-0.1, -0.05) is 220 Å². The van der Waals surface area contributed by atoms with Crippen LogP contribution in [0.5, 0.6) is 0 Å². The molecule has 9 heteroatoms. The number of carbonyl (C=O) groups is 2. The van der Waals surface area contributed by atoms with Crippen molar-refractivity contribution < 1.29 is 37.9 Å². The molecule has 0 fully saturated rings. The molecule has 0 aromatic rings. The van der Waals surface area contributed by atoms with Crippen LogP contribution >= 0.6 is 7.82 Å². The van der Waals surface area contributed by atoms with Crippen LogP contribution in [0.25, 0.3) is 0 Å². The van der Waals surface area contributed by atoms with E-state index in [9.17, 15) is 14.2 Å². The topological polar surface area (TPSA) is 119 Å². The third-order valence-corrected chi connectivity index (χ3v) is 11.0. The Morgan fingerprint density at radius 1 is 0.426 bits per heavy atom. The maximum atomic E-state index is 12.4. The van der Waals surface area contributed by atoms with Crippen molar-refractivity contribution in [3.05, 3.63) is 0 Å². The van der Waals surface area contributed by atoms with E-state index < -0.39 is 32.5 Å². The van der Waals surface area contributed by atoms with Crippen LogP contribution in [0.1, 0.15) is 246 Å².